The van der Waals surface area contributed by atoms with E-state index in [9.17, 15) is 0 Å². The van der Waals surface area contributed by atoms with Crippen molar-refractivity contribution in [3.8, 4) is 0 Å². The van der Waals surface area contributed by atoms with Crippen LogP contribution in [0.15, 0.2) is 35.2 Å². The molecule has 0 aliphatic carbocycles. The molecular formula is C23H35NSi. The van der Waals surface area contributed by atoms with Crippen molar-refractivity contribution in [2.45, 2.75) is 61.2 Å². The predicted molar refractivity (Wildman–Crippen MR) is 114 cm³/mol. The van der Waals surface area contributed by atoms with Crippen LogP contribution in [0.2, 0.25) is 19.6 Å². The number of rotatable bonds is 4. The molecule has 2 rings (SSSR count). The van der Waals surface area contributed by atoms with Gasteiger partial charge in [-0.15, -0.1) is 0 Å². The van der Waals surface area contributed by atoms with Gasteiger partial charge in [-0.05, 0) is 35.6 Å². The zero-order valence-corrected chi connectivity index (χ0v) is 18.6. The van der Waals surface area contributed by atoms with Gasteiger partial charge in [0.1, 0.15) is 12.2 Å². The van der Waals surface area contributed by atoms with E-state index in [1.165, 1.54) is 39.1 Å². The average molecular weight is 354 g/mol. The van der Waals surface area contributed by atoms with Crippen LogP contribution in [0, 0.1) is 38.6 Å². The van der Waals surface area contributed by atoms with Gasteiger partial charge in [-0.1, -0.05) is 88.7 Å². The van der Waals surface area contributed by atoms with E-state index in [-0.39, 0.29) is 0 Å². The van der Waals surface area contributed by atoms with E-state index in [4.69, 9.17) is 0 Å². The molecule has 1 nitrogen and oxygen atoms in total. The third kappa shape index (κ3) is 4.00. The summed E-state index contributed by atoms with van der Waals surface area (Å²) in [5.41, 5.74) is 6.84. The molecule has 0 amide bonds. The van der Waals surface area contributed by atoms with Crippen molar-refractivity contribution in [2.75, 3.05) is 0 Å². The van der Waals surface area contributed by atoms with Crippen LogP contribution in [-0.2, 0) is 0 Å². The summed E-state index contributed by atoms with van der Waals surface area (Å²) in [6.07, 6.45) is 4.74. The Morgan fingerprint density at radius 1 is 1.00 bits per heavy atom. The van der Waals surface area contributed by atoms with Crippen molar-refractivity contribution in [1.82, 2.24) is 0 Å². The van der Waals surface area contributed by atoms with Crippen LogP contribution in [0.3, 0.4) is 0 Å². The van der Waals surface area contributed by atoms with Gasteiger partial charge in [-0.2, -0.15) is 0 Å². The number of aryl methyl sites for hydroxylation is 3. The lowest BCUT2D eigenvalue weighted by Gasteiger charge is -2.35. The minimum absolute atomic E-state index is 0.549. The number of allylic oxidation sites excluding steroid dienone is 2. The van der Waals surface area contributed by atoms with Crippen molar-refractivity contribution in [2.24, 2.45) is 11.8 Å². The molecule has 1 aromatic carbocycles. The summed E-state index contributed by atoms with van der Waals surface area (Å²) in [7, 11) is -1.44. The van der Waals surface area contributed by atoms with Crippen LogP contribution in [0.4, 0.5) is 0 Å². The maximum atomic E-state index is 4.36. The molecule has 0 saturated heterocycles. The second-order valence-corrected chi connectivity index (χ2v) is 14.1. The molecule has 1 aliphatic heterocycles. The number of benzene rings is 1. The first-order chi connectivity index (χ1) is 11.4. The fraction of sp³-hybridized carbons (Fsp3) is 0.478. The van der Waals surface area contributed by atoms with Gasteiger partial charge < -0.3 is 0 Å². The van der Waals surface area contributed by atoms with Gasteiger partial charge in [-0.25, -0.2) is 0 Å². The summed E-state index contributed by atoms with van der Waals surface area (Å²) < 4.78 is 2.11. The van der Waals surface area contributed by atoms with E-state index in [0.29, 0.717) is 11.8 Å². The van der Waals surface area contributed by atoms with Crippen LogP contribution < -0.4 is 0 Å². The fourth-order valence-electron chi connectivity index (χ4n) is 3.77. The van der Waals surface area contributed by atoms with Gasteiger partial charge in [-0.3, -0.25) is 4.58 Å². The molecule has 1 heterocycles. The van der Waals surface area contributed by atoms with E-state index in [1.807, 2.05) is 0 Å². The van der Waals surface area contributed by atoms with Crippen molar-refractivity contribution in [1.29, 1.82) is 0 Å². The molecule has 1 atom stereocenters. The second kappa shape index (κ2) is 6.99. The van der Waals surface area contributed by atoms with Crippen LogP contribution in [0.5, 0.6) is 0 Å². The van der Waals surface area contributed by atoms with Crippen LogP contribution in [0.25, 0.3) is 0 Å². The molecule has 0 fully saturated rings. The largest absolute Gasteiger partial charge is 0.255 e. The molecule has 0 spiro atoms. The molecule has 0 bridgehead atoms. The van der Waals surface area contributed by atoms with Gasteiger partial charge in [0, 0.05) is 0 Å². The van der Waals surface area contributed by atoms with Crippen LogP contribution in [0.1, 0.15) is 43.0 Å². The Balaban J connectivity index is 2.63. The SMILES string of the molecule is C=[N+]1C=C([Si](C)(C)C)C(C(C)C(C)C)=C[C-]1c1c(C)cc(C)cc1C. The lowest BCUT2D eigenvalue weighted by atomic mass is 9.84. The van der Waals surface area contributed by atoms with E-state index in [2.05, 4.69) is 96.9 Å². The molecule has 0 aromatic heterocycles. The molecule has 1 aliphatic rings. The van der Waals surface area contributed by atoms with E-state index < -0.39 is 8.07 Å². The first-order valence-corrected chi connectivity index (χ1v) is 12.9. The number of hydrogen-bond donors (Lipinski definition) is 0. The summed E-state index contributed by atoms with van der Waals surface area (Å²) in [5, 5.41) is 1.54. The Hall–Kier alpha value is -1.54. The Morgan fingerprint density at radius 3 is 1.96 bits per heavy atom. The standard InChI is InChI=1S/C23H35NSi/c1-15(2)19(6)20-13-21(24(7)14-22(20)25(8,9)10)23-17(4)11-16(3)12-18(23)5/h11-15,19H,7H2,1-6,8-10H3. The first kappa shape index (κ1) is 19.8. The molecule has 136 valence electrons. The fourth-order valence-corrected chi connectivity index (χ4v) is 5.48. The molecule has 25 heavy (non-hydrogen) atoms. The molecule has 1 aromatic rings. The molecule has 1 unspecified atom stereocenters. The van der Waals surface area contributed by atoms with Gasteiger partial charge >= 0.3 is 0 Å². The minimum Gasteiger partial charge on any atom is -0.255 e. The van der Waals surface area contributed by atoms with Gasteiger partial charge in [0.05, 0.1) is 14.8 Å². The Kier molecular flexibility index (Phi) is 5.53. The number of nitrogens with zero attached hydrogens (tertiary/aromatic N) is 1. The quantitative estimate of drug-likeness (QED) is 0.344. The molecule has 0 N–H and O–H groups in total. The van der Waals surface area contributed by atoms with Crippen molar-refractivity contribution < 1.29 is 4.58 Å². The summed E-state index contributed by atoms with van der Waals surface area (Å²) in [5.74, 6) is 1.18. The maximum Gasteiger partial charge on any atom is 0.147 e. The van der Waals surface area contributed by atoms with Crippen molar-refractivity contribution in [3.63, 3.8) is 0 Å². The first-order valence-electron chi connectivity index (χ1n) is 9.42. The van der Waals surface area contributed by atoms with E-state index >= 15 is 0 Å². The lowest BCUT2D eigenvalue weighted by molar-refractivity contribution is -0.418. The summed E-state index contributed by atoms with van der Waals surface area (Å²) in [6, 6.07) is 5.79. The highest BCUT2D eigenvalue weighted by atomic mass is 28.3. The molecule has 0 saturated carbocycles. The Bertz CT molecular complexity index is 721. The lowest BCUT2D eigenvalue weighted by Crippen LogP contribution is -2.33. The summed E-state index contributed by atoms with van der Waals surface area (Å²) in [6.45, 7) is 25.3. The smallest absolute Gasteiger partial charge is 0.147 e. The third-order valence-corrected chi connectivity index (χ3v) is 7.46. The Morgan fingerprint density at radius 2 is 1.52 bits per heavy atom. The van der Waals surface area contributed by atoms with E-state index in [0.717, 1.165) is 0 Å². The third-order valence-electron chi connectivity index (χ3n) is 5.43. The van der Waals surface area contributed by atoms with Gasteiger partial charge in [0.25, 0.3) is 0 Å². The maximum absolute atomic E-state index is 4.36. The normalized spacial score (nSPS) is 16.9. The minimum atomic E-state index is -1.44. The monoisotopic (exact) mass is 353 g/mol. The molecule has 0 radical (unpaired) electrons. The highest BCUT2D eigenvalue weighted by Crippen LogP contribution is 2.39. The van der Waals surface area contributed by atoms with E-state index in [1.54, 1.807) is 0 Å². The zero-order chi connectivity index (χ0) is 19.1. The van der Waals surface area contributed by atoms with Gasteiger partial charge in [0.2, 0.25) is 0 Å². The van der Waals surface area contributed by atoms with Gasteiger partial charge in [0.15, 0.2) is 0 Å². The molecule has 2 heteroatoms. The average Bonchev–Trinajstić information content (AvgIpc) is 2.45. The van der Waals surface area contributed by atoms with Crippen LogP contribution in [-0.4, -0.2) is 19.4 Å². The number of hydrogen-bond acceptors (Lipinski definition) is 0. The van der Waals surface area contributed by atoms with Crippen molar-refractivity contribution in [3.05, 3.63) is 63.5 Å². The van der Waals surface area contributed by atoms with Crippen molar-refractivity contribution >= 4 is 14.8 Å². The topological polar surface area (TPSA) is 3.01 Å². The van der Waals surface area contributed by atoms with Crippen LogP contribution >= 0.6 is 0 Å². The predicted octanol–water partition coefficient (Wildman–Crippen LogP) is 6.20. The highest BCUT2D eigenvalue weighted by Gasteiger charge is 2.32. The molecular weight excluding hydrogens is 318 g/mol. The Labute approximate surface area is 156 Å². The zero-order valence-electron chi connectivity index (χ0n) is 17.6. The summed E-state index contributed by atoms with van der Waals surface area (Å²) >= 11 is 0. The highest BCUT2D eigenvalue weighted by molar-refractivity contribution is 6.84. The second-order valence-electron chi connectivity index (χ2n) is 9.05. The summed E-state index contributed by atoms with van der Waals surface area (Å²) in [4.78, 5) is 0.